The summed E-state index contributed by atoms with van der Waals surface area (Å²) in [5, 5.41) is 25.8. The fraction of sp³-hybridized carbons (Fsp3) is 0.462. The van der Waals surface area contributed by atoms with Crippen molar-refractivity contribution >= 4 is 22.8 Å². The van der Waals surface area contributed by atoms with E-state index < -0.39 is 9.85 Å². The predicted octanol–water partition coefficient (Wildman–Crippen LogP) is 3.48. The minimum absolute atomic E-state index is 0.156. The molecule has 0 bridgehead atoms. The SMILES string of the molecule is C/C(=N\Nc1ccc([N+](=O)[O-])cc1[N+](=O)[O-])C1CCCC1. The molecule has 2 rings (SSSR count). The lowest BCUT2D eigenvalue weighted by molar-refractivity contribution is -0.393. The molecule has 0 spiro atoms. The number of hydrogen-bond donors (Lipinski definition) is 1. The molecule has 1 fully saturated rings. The van der Waals surface area contributed by atoms with Gasteiger partial charge in [-0.15, -0.1) is 0 Å². The van der Waals surface area contributed by atoms with Crippen LogP contribution in [0.1, 0.15) is 32.6 Å². The van der Waals surface area contributed by atoms with Gasteiger partial charge in [0, 0.05) is 11.8 Å². The highest BCUT2D eigenvalue weighted by Crippen LogP contribution is 2.30. The monoisotopic (exact) mass is 292 g/mol. The van der Waals surface area contributed by atoms with Crippen molar-refractivity contribution in [3.8, 4) is 0 Å². The molecule has 21 heavy (non-hydrogen) atoms. The van der Waals surface area contributed by atoms with Crippen molar-refractivity contribution in [1.82, 2.24) is 0 Å². The Bertz CT molecular complexity index is 594. The molecule has 8 heteroatoms. The zero-order chi connectivity index (χ0) is 15.4. The van der Waals surface area contributed by atoms with Gasteiger partial charge in [0.05, 0.1) is 15.9 Å². The van der Waals surface area contributed by atoms with E-state index >= 15 is 0 Å². The van der Waals surface area contributed by atoms with Crippen molar-refractivity contribution in [3.05, 3.63) is 38.4 Å². The first kappa shape index (κ1) is 14.9. The van der Waals surface area contributed by atoms with Crippen LogP contribution in [0.5, 0.6) is 0 Å². The lowest BCUT2D eigenvalue weighted by Crippen LogP contribution is -2.09. The van der Waals surface area contributed by atoms with E-state index in [0.717, 1.165) is 24.6 Å². The van der Waals surface area contributed by atoms with Gasteiger partial charge in [0.2, 0.25) is 0 Å². The topological polar surface area (TPSA) is 111 Å². The summed E-state index contributed by atoms with van der Waals surface area (Å²) in [5.41, 5.74) is 3.05. The molecule has 0 radical (unpaired) electrons. The molecule has 0 aliphatic heterocycles. The maximum atomic E-state index is 11.0. The molecule has 1 aliphatic carbocycles. The van der Waals surface area contributed by atoms with Crippen molar-refractivity contribution < 1.29 is 9.85 Å². The van der Waals surface area contributed by atoms with Gasteiger partial charge in [-0.1, -0.05) is 12.8 Å². The number of anilines is 1. The Labute approximate surface area is 121 Å². The highest BCUT2D eigenvalue weighted by Gasteiger charge is 2.20. The van der Waals surface area contributed by atoms with Gasteiger partial charge in [0.25, 0.3) is 5.69 Å². The van der Waals surface area contributed by atoms with Crippen LogP contribution >= 0.6 is 0 Å². The van der Waals surface area contributed by atoms with Crippen molar-refractivity contribution in [1.29, 1.82) is 0 Å². The molecular weight excluding hydrogens is 276 g/mol. The summed E-state index contributed by atoms with van der Waals surface area (Å²) in [5.74, 6) is 0.412. The Kier molecular flexibility index (Phi) is 4.46. The van der Waals surface area contributed by atoms with E-state index in [1.54, 1.807) is 0 Å². The standard InChI is InChI=1S/C13H16N4O4/c1-9(10-4-2-3-5-10)14-15-12-7-6-11(16(18)19)8-13(12)17(20)21/h6-8,10,15H,2-5H2,1H3/b14-9+. The Balaban J connectivity index is 2.20. The third-order valence-corrected chi connectivity index (χ3v) is 3.69. The zero-order valence-electron chi connectivity index (χ0n) is 11.6. The van der Waals surface area contributed by atoms with Gasteiger partial charge >= 0.3 is 5.69 Å². The molecule has 8 nitrogen and oxygen atoms in total. The van der Waals surface area contributed by atoms with E-state index in [1.807, 2.05) is 6.92 Å². The first-order valence-corrected chi connectivity index (χ1v) is 6.72. The third kappa shape index (κ3) is 3.53. The highest BCUT2D eigenvalue weighted by molar-refractivity contribution is 5.85. The van der Waals surface area contributed by atoms with Gasteiger partial charge < -0.3 is 0 Å². The van der Waals surface area contributed by atoms with Crippen molar-refractivity contribution in [2.24, 2.45) is 11.0 Å². The van der Waals surface area contributed by atoms with Gasteiger partial charge in [-0.25, -0.2) is 0 Å². The first-order valence-electron chi connectivity index (χ1n) is 6.72. The first-order chi connectivity index (χ1) is 9.99. The minimum atomic E-state index is -0.663. The molecule has 0 aromatic heterocycles. The molecule has 0 saturated heterocycles. The second kappa shape index (κ2) is 6.29. The van der Waals surface area contributed by atoms with Crippen LogP contribution in [0, 0.1) is 26.1 Å². The maximum Gasteiger partial charge on any atom is 0.301 e. The van der Waals surface area contributed by atoms with Crippen LogP contribution in [0.3, 0.4) is 0 Å². The Hall–Kier alpha value is -2.51. The number of nitrogens with zero attached hydrogens (tertiary/aromatic N) is 3. The molecule has 0 amide bonds. The van der Waals surface area contributed by atoms with E-state index in [4.69, 9.17) is 0 Å². The average molecular weight is 292 g/mol. The summed E-state index contributed by atoms with van der Waals surface area (Å²) in [6.07, 6.45) is 4.52. The summed E-state index contributed by atoms with van der Waals surface area (Å²) < 4.78 is 0. The van der Waals surface area contributed by atoms with Gasteiger partial charge in [-0.05, 0) is 31.7 Å². The number of nitro benzene ring substituents is 2. The number of nitro groups is 2. The quantitative estimate of drug-likeness (QED) is 0.507. The van der Waals surface area contributed by atoms with Crippen molar-refractivity contribution in [2.45, 2.75) is 32.6 Å². The van der Waals surface area contributed by atoms with E-state index in [1.165, 1.54) is 25.0 Å². The van der Waals surface area contributed by atoms with Gasteiger partial charge in [-0.3, -0.25) is 25.7 Å². The van der Waals surface area contributed by atoms with E-state index in [9.17, 15) is 20.2 Å². The van der Waals surface area contributed by atoms with Crippen LogP contribution in [0.15, 0.2) is 23.3 Å². The minimum Gasteiger partial charge on any atom is -0.272 e. The maximum absolute atomic E-state index is 11.0. The number of benzene rings is 1. The molecule has 0 atom stereocenters. The van der Waals surface area contributed by atoms with E-state index in [2.05, 4.69) is 10.5 Å². The average Bonchev–Trinajstić information content (AvgIpc) is 2.98. The molecule has 1 aromatic rings. The fourth-order valence-electron chi connectivity index (χ4n) is 2.46. The lowest BCUT2D eigenvalue weighted by Gasteiger charge is -2.09. The molecule has 0 unspecified atom stereocenters. The number of nitrogens with one attached hydrogen (secondary N) is 1. The summed E-state index contributed by atoms with van der Waals surface area (Å²) in [7, 11) is 0. The summed E-state index contributed by atoms with van der Waals surface area (Å²) in [4.78, 5) is 20.3. The second-order valence-corrected chi connectivity index (χ2v) is 5.06. The Morgan fingerprint density at radius 2 is 1.90 bits per heavy atom. The Morgan fingerprint density at radius 1 is 1.24 bits per heavy atom. The normalized spacial score (nSPS) is 16.0. The molecule has 1 saturated carbocycles. The van der Waals surface area contributed by atoms with Gasteiger partial charge in [0.15, 0.2) is 0 Å². The number of rotatable bonds is 5. The van der Waals surface area contributed by atoms with Crippen LogP contribution in [0.25, 0.3) is 0 Å². The van der Waals surface area contributed by atoms with Gasteiger partial charge in [-0.2, -0.15) is 5.10 Å². The summed E-state index contributed by atoms with van der Waals surface area (Å²) in [6, 6.07) is 3.46. The largest absolute Gasteiger partial charge is 0.301 e. The smallest absolute Gasteiger partial charge is 0.272 e. The predicted molar refractivity (Wildman–Crippen MR) is 78.4 cm³/mol. The van der Waals surface area contributed by atoms with Crippen LogP contribution in [-0.2, 0) is 0 Å². The molecule has 1 aliphatic rings. The van der Waals surface area contributed by atoms with E-state index in [-0.39, 0.29) is 17.1 Å². The van der Waals surface area contributed by atoms with Crippen LogP contribution in [0.2, 0.25) is 0 Å². The highest BCUT2D eigenvalue weighted by atomic mass is 16.6. The van der Waals surface area contributed by atoms with Crippen LogP contribution in [0.4, 0.5) is 17.1 Å². The van der Waals surface area contributed by atoms with Crippen LogP contribution < -0.4 is 5.43 Å². The van der Waals surface area contributed by atoms with Crippen LogP contribution in [-0.4, -0.2) is 15.6 Å². The van der Waals surface area contributed by atoms with Gasteiger partial charge in [0.1, 0.15) is 5.69 Å². The lowest BCUT2D eigenvalue weighted by atomic mass is 10.0. The Morgan fingerprint density at radius 3 is 2.48 bits per heavy atom. The number of hydrogen-bond acceptors (Lipinski definition) is 6. The van der Waals surface area contributed by atoms with Crippen molar-refractivity contribution in [3.63, 3.8) is 0 Å². The number of non-ortho nitro benzene ring substituents is 1. The molecule has 1 N–H and O–H groups in total. The molecule has 1 aromatic carbocycles. The van der Waals surface area contributed by atoms with E-state index in [0.29, 0.717) is 5.92 Å². The fourth-order valence-corrected chi connectivity index (χ4v) is 2.46. The zero-order valence-corrected chi connectivity index (χ0v) is 11.6. The number of hydrazone groups is 1. The summed E-state index contributed by atoms with van der Waals surface area (Å²) in [6.45, 7) is 1.89. The second-order valence-electron chi connectivity index (χ2n) is 5.06. The van der Waals surface area contributed by atoms with Crippen molar-refractivity contribution in [2.75, 3.05) is 5.43 Å². The third-order valence-electron chi connectivity index (χ3n) is 3.69. The molecule has 0 heterocycles. The summed E-state index contributed by atoms with van der Waals surface area (Å²) >= 11 is 0. The molecule has 112 valence electrons. The molecular formula is C13H16N4O4.